The van der Waals surface area contributed by atoms with Gasteiger partial charge in [0.05, 0.1) is 11.4 Å². The summed E-state index contributed by atoms with van der Waals surface area (Å²) in [6.45, 7) is 7.60. The van der Waals surface area contributed by atoms with E-state index in [-0.39, 0.29) is 5.41 Å². The van der Waals surface area contributed by atoms with Crippen molar-refractivity contribution in [2.24, 2.45) is 10.4 Å². The molecule has 0 aromatic rings. The summed E-state index contributed by atoms with van der Waals surface area (Å²) in [5.41, 5.74) is 2.78. The third-order valence-electron chi connectivity index (χ3n) is 3.24. The molecule has 1 aliphatic rings. The standard InChI is InChI=1S/C11H20N2/c1-5-9-10(12-4)11(6-2,7-3)8-13-9/h5,13H,6-8H2,1-4H3/b9-5+,12-10?. The van der Waals surface area contributed by atoms with Gasteiger partial charge < -0.3 is 5.32 Å². The van der Waals surface area contributed by atoms with E-state index in [0.717, 1.165) is 6.54 Å². The van der Waals surface area contributed by atoms with Gasteiger partial charge in [0, 0.05) is 19.0 Å². The van der Waals surface area contributed by atoms with E-state index >= 15 is 0 Å². The molecule has 1 heterocycles. The number of nitrogens with one attached hydrogen (secondary N) is 1. The Morgan fingerprint density at radius 1 is 1.46 bits per heavy atom. The lowest BCUT2D eigenvalue weighted by Crippen LogP contribution is -2.28. The lowest BCUT2D eigenvalue weighted by atomic mass is 9.79. The molecule has 0 unspecified atom stereocenters. The predicted octanol–water partition coefficient (Wildman–Crippen LogP) is 2.37. The lowest BCUT2D eigenvalue weighted by molar-refractivity contribution is 0.405. The molecule has 2 heteroatoms. The Balaban J connectivity index is 3.03. The van der Waals surface area contributed by atoms with Gasteiger partial charge in [-0.15, -0.1) is 0 Å². The molecule has 1 N–H and O–H groups in total. The average molecular weight is 180 g/mol. The van der Waals surface area contributed by atoms with Crippen molar-refractivity contribution in [3.05, 3.63) is 11.8 Å². The molecule has 0 atom stereocenters. The maximum Gasteiger partial charge on any atom is 0.0651 e. The van der Waals surface area contributed by atoms with Crippen LogP contribution < -0.4 is 5.32 Å². The average Bonchev–Trinajstić information content (AvgIpc) is 2.55. The number of nitrogens with zero attached hydrogens (tertiary/aromatic N) is 1. The second kappa shape index (κ2) is 3.95. The molecule has 1 aliphatic heterocycles. The Morgan fingerprint density at radius 3 is 2.46 bits per heavy atom. The van der Waals surface area contributed by atoms with Crippen LogP contribution in [0, 0.1) is 5.41 Å². The first-order valence-corrected chi connectivity index (χ1v) is 5.12. The first-order valence-electron chi connectivity index (χ1n) is 5.12. The highest BCUT2D eigenvalue weighted by atomic mass is 15.0. The number of hydrogen-bond acceptors (Lipinski definition) is 2. The molecule has 0 spiro atoms. The topological polar surface area (TPSA) is 24.4 Å². The van der Waals surface area contributed by atoms with Crippen LogP contribution in [0.2, 0.25) is 0 Å². The number of hydrogen-bond donors (Lipinski definition) is 1. The van der Waals surface area contributed by atoms with Gasteiger partial charge in [0.2, 0.25) is 0 Å². The van der Waals surface area contributed by atoms with Crippen LogP contribution >= 0.6 is 0 Å². The largest absolute Gasteiger partial charge is 0.383 e. The minimum Gasteiger partial charge on any atom is -0.383 e. The van der Waals surface area contributed by atoms with Crippen molar-refractivity contribution in [2.75, 3.05) is 13.6 Å². The summed E-state index contributed by atoms with van der Waals surface area (Å²) in [5.74, 6) is 0. The minimum atomic E-state index is 0.288. The van der Waals surface area contributed by atoms with Crippen molar-refractivity contribution in [1.82, 2.24) is 5.32 Å². The molecular formula is C11H20N2. The Kier molecular flexibility index (Phi) is 3.12. The molecule has 1 fully saturated rings. The van der Waals surface area contributed by atoms with Crippen molar-refractivity contribution in [3.8, 4) is 0 Å². The summed E-state index contributed by atoms with van der Waals surface area (Å²) in [5, 5.41) is 3.43. The van der Waals surface area contributed by atoms with Gasteiger partial charge in [0.25, 0.3) is 0 Å². The molecule has 74 valence electrons. The highest BCUT2D eigenvalue weighted by Gasteiger charge is 2.38. The van der Waals surface area contributed by atoms with E-state index in [1.54, 1.807) is 0 Å². The van der Waals surface area contributed by atoms with Gasteiger partial charge in [-0.25, -0.2) is 0 Å². The maximum absolute atomic E-state index is 4.42. The fourth-order valence-corrected chi connectivity index (χ4v) is 2.15. The van der Waals surface area contributed by atoms with E-state index in [0.29, 0.717) is 0 Å². The molecule has 13 heavy (non-hydrogen) atoms. The normalized spacial score (nSPS) is 26.8. The highest BCUT2D eigenvalue weighted by molar-refractivity contribution is 6.06. The first kappa shape index (κ1) is 10.3. The fraction of sp³-hybridized carbons (Fsp3) is 0.727. The Labute approximate surface area is 81.1 Å². The van der Waals surface area contributed by atoms with Gasteiger partial charge in [-0.2, -0.15) is 0 Å². The number of rotatable bonds is 2. The van der Waals surface area contributed by atoms with Crippen molar-refractivity contribution < 1.29 is 0 Å². The predicted molar refractivity (Wildman–Crippen MR) is 58.1 cm³/mol. The maximum atomic E-state index is 4.42. The summed E-state index contributed by atoms with van der Waals surface area (Å²) >= 11 is 0. The second-order valence-electron chi connectivity index (χ2n) is 3.62. The van der Waals surface area contributed by atoms with Gasteiger partial charge >= 0.3 is 0 Å². The molecule has 0 bridgehead atoms. The molecular weight excluding hydrogens is 160 g/mol. The highest BCUT2D eigenvalue weighted by Crippen LogP contribution is 2.34. The van der Waals surface area contributed by atoms with Gasteiger partial charge in [-0.05, 0) is 19.8 Å². The fourth-order valence-electron chi connectivity index (χ4n) is 2.15. The van der Waals surface area contributed by atoms with E-state index in [1.807, 2.05) is 7.05 Å². The SMILES string of the molecule is C/C=C1/NCC(CC)(CC)C1=NC. The summed E-state index contributed by atoms with van der Waals surface area (Å²) in [6, 6.07) is 0. The van der Waals surface area contributed by atoms with Crippen molar-refractivity contribution >= 4 is 5.71 Å². The zero-order chi connectivity index (χ0) is 9.90. The Bertz CT molecular complexity index is 234. The Hall–Kier alpha value is -0.790. The first-order chi connectivity index (χ1) is 6.24. The molecule has 0 aromatic carbocycles. The quantitative estimate of drug-likeness (QED) is 0.693. The third kappa shape index (κ3) is 1.50. The number of allylic oxidation sites excluding steroid dienone is 2. The molecule has 1 rings (SSSR count). The monoisotopic (exact) mass is 180 g/mol. The van der Waals surface area contributed by atoms with Crippen molar-refractivity contribution in [2.45, 2.75) is 33.6 Å². The summed E-state index contributed by atoms with van der Waals surface area (Å²) in [4.78, 5) is 4.42. The molecule has 0 radical (unpaired) electrons. The van der Waals surface area contributed by atoms with Crippen LogP contribution in [-0.4, -0.2) is 19.3 Å². The summed E-state index contributed by atoms with van der Waals surface area (Å²) in [6.07, 6.45) is 4.45. The van der Waals surface area contributed by atoms with Crippen molar-refractivity contribution in [1.29, 1.82) is 0 Å². The van der Waals surface area contributed by atoms with E-state index in [9.17, 15) is 0 Å². The van der Waals surface area contributed by atoms with Gasteiger partial charge in [-0.1, -0.05) is 19.9 Å². The number of aliphatic imine (C=N–C) groups is 1. The van der Waals surface area contributed by atoms with Crippen LogP contribution in [0.25, 0.3) is 0 Å². The van der Waals surface area contributed by atoms with E-state index in [1.165, 1.54) is 24.3 Å². The molecule has 2 nitrogen and oxygen atoms in total. The van der Waals surface area contributed by atoms with Crippen LogP contribution in [0.15, 0.2) is 16.8 Å². The van der Waals surface area contributed by atoms with Crippen LogP contribution in [0.3, 0.4) is 0 Å². The van der Waals surface area contributed by atoms with Gasteiger partial charge in [-0.3, -0.25) is 4.99 Å². The zero-order valence-corrected chi connectivity index (χ0v) is 9.15. The van der Waals surface area contributed by atoms with Crippen LogP contribution in [0.1, 0.15) is 33.6 Å². The smallest absolute Gasteiger partial charge is 0.0651 e. The van der Waals surface area contributed by atoms with Crippen LogP contribution in [0.5, 0.6) is 0 Å². The summed E-state index contributed by atoms with van der Waals surface area (Å²) in [7, 11) is 1.89. The third-order valence-corrected chi connectivity index (χ3v) is 3.24. The van der Waals surface area contributed by atoms with Crippen LogP contribution in [0.4, 0.5) is 0 Å². The second-order valence-corrected chi connectivity index (χ2v) is 3.62. The minimum absolute atomic E-state index is 0.288. The van der Waals surface area contributed by atoms with E-state index in [2.05, 4.69) is 37.2 Å². The molecule has 0 amide bonds. The lowest BCUT2D eigenvalue weighted by Gasteiger charge is -2.24. The molecule has 0 aliphatic carbocycles. The van der Waals surface area contributed by atoms with Crippen LogP contribution in [-0.2, 0) is 0 Å². The van der Waals surface area contributed by atoms with E-state index < -0.39 is 0 Å². The van der Waals surface area contributed by atoms with Crippen molar-refractivity contribution in [3.63, 3.8) is 0 Å². The molecule has 0 saturated carbocycles. The van der Waals surface area contributed by atoms with Gasteiger partial charge in [0.15, 0.2) is 0 Å². The molecule has 0 aromatic heterocycles. The Morgan fingerprint density at radius 2 is 2.08 bits per heavy atom. The molecule has 1 saturated heterocycles. The summed E-state index contributed by atoms with van der Waals surface area (Å²) < 4.78 is 0. The van der Waals surface area contributed by atoms with Gasteiger partial charge in [0.1, 0.15) is 0 Å². The zero-order valence-electron chi connectivity index (χ0n) is 9.15. The van der Waals surface area contributed by atoms with E-state index in [4.69, 9.17) is 0 Å².